The summed E-state index contributed by atoms with van der Waals surface area (Å²) in [6.07, 6.45) is 2.41. The average molecular weight is 431 g/mol. The average Bonchev–Trinajstić information content (AvgIpc) is 3.24. The van der Waals surface area contributed by atoms with E-state index in [9.17, 15) is 19.5 Å². The van der Waals surface area contributed by atoms with Crippen LogP contribution >= 0.6 is 0 Å². The standard InChI is InChI=1S/C21H30N6O4/c22-21(23)24-9-3-7-15(20(30)31)26-18(28)17-8-4-10-27(17)19(29)16-11-13-5-1-2-6-14(13)12-25-16/h1-2,5-6,15-17,25H,3-4,7-12H2,(H,26,28)(H,30,31)(H4,22,23,24)/t15-,16?,17-/m0/s1. The summed E-state index contributed by atoms with van der Waals surface area (Å²) in [7, 11) is 0. The van der Waals surface area contributed by atoms with Gasteiger partial charge in [-0.15, -0.1) is 0 Å². The number of carbonyl (C=O) groups excluding carboxylic acids is 2. The van der Waals surface area contributed by atoms with Gasteiger partial charge in [-0.3, -0.25) is 15.0 Å². The number of carboxylic acid groups (broad SMARTS) is 1. The Morgan fingerprint density at radius 2 is 2.03 bits per heavy atom. The Hall–Kier alpha value is -3.14. The minimum absolute atomic E-state index is 0.121. The second-order valence-electron chi connectivity index (χ2n) is 7.98. The van der Waals surface area contributed by atoms with Crippen molar-refractivity contribution in [2.24, 2.45) is 5.73 Å². The molecule has 0 radical (unpaired) electrons. The first kappa shape index (κ1) is 22.5. The number of amides is 2. The molecule has 3 atom stereocenters. The molecule has 0 aliphatic carbocycles. The van der Waals surface area contributed by atoms with E-state index in [4.69, 9.17) is 11.1 Å². The molecule has 0 bridgehead atoms. The molecular weight excluding hydrogens is 400 g/mol. The molecule has 0 aromatic heterocycles. The monoisotopic (exact) mass is 430 g/mol. The Bertz CT molecular complexity index is 845. The van der Waals surface area contributed by atoms with Crippen LogP contribution in [0.15, 0.2) is 24.3 Å². The van der Waals surface area contributed by atoms with Crippen LogP contribution in [-0.2, 0) is 27.3 Å². The van der Waals surface area contributed by atoms with E-state index >= 15 is 0 Å². The van der Waals surface area contributed by atoms with E-state index in [0.717, 1.165) is 5.56 Å². The van der Waals surface area contributed by atoms with Gasteiger partial charge in [-0.1, -0.05) is 24.3 Å². The highest BCUT2D eigenvalue weighted by molar-refractivity contribution is 5.92. The quantitative estimate of drug-likeness (QED) is 0.184. The Morgan fingerprint density at radius 3 is 2.74 bits per heavy atom. The normalized spacial score (nSPS) is 21.1. The molecule has 1 saturated heterocycles. The van der Waals surface area contributed by atoms with E-state index in [1.54, 1.807) is 4.90 Å². The minimum Gasteiger partial charge on any atom is -0.480 e. The number of nitrogens with one attached hydrogen (secondary N) is 4. The zero-order chi connectivity index (χ0) is 22.4. The first-order chi connectivity index (χ1) is 14.9. The first-order valence-electron chi connectivity index (χ1n) is 10.6. The number of guanidine groups is 1. The fourth-order valence-corrected chi connectivity index (χ4v) is 4.19. The predicted molar refractivity (Wildman–Crippen MR) is 114 cm³/mol. The molecule has 10 nitrogen and oxygen atoms in total. The van der Waals surface area contributed by atoms with Crippen LogP contribution in [0.3, 0.4) is 0 Å². The van der Waals surface area contributed by atoms with Gasteiger partial charge in [0.2, 0.25) is 11.8 Å². The van der Waals surface area contributed by atoms with Crippen LogP contribution in [0.4, 0.5) is 0 Å². The van der Waals surface area contributed by atoms with Crippen molar-refractivity contribution < 1.29 is 19.5 Å². The zero-order valence-corrected chi connectivity index (χ0v) is 17.4. The molecule has 2 aliphatic heterocycles. The van der Waals surface area contributed by atoms with Gasteiger partial charge in [0.1, 0.15) is 12.1 Å². The van der Waals surface area contributed by atoms with Crippen LogP contribution in [0, 0.1) is 5.41 Å². The SMILES string of the molecule is N=C(N)NCCC[C@H](NC(=O)[C@@H]1CCCN1C(=O)C1Cc2ccccc2CN1)C(=O)O. The molecule has 0 saturated carbocycles. The van der Waals surface area contributed by atoms with Crippen LogP contribution in [0.25, 0.3) is 0 Å². The van der Waals surface area contributed by atoms with Gasteiger partial charge in [0.05, 0.1) is 6.04 Å². The molecule has 1 fully saturated rings. The topological polar surface area (TPSA) is 161 Å². The summed E-state index contributed by atoms with van der Waals surface area (Å²) in [5.41, 5.74) is 7.51. The maximum atomic E-state index is 13.1. The third kappa shape index (κ3) is 5.72. The molecule has 0 spiro atoms. The number of hydrogen-bond donors (Lipinski definition) is 6. The van der Waals surface area contributed by atoms with E-state index in [2.05, 4.69) is 16.0 Å². The van der Waals surface area contributed by atoms with Crippen molar-refractivity contribution in [2.75, 3.05) is 13.1 Å². The van der Waals surface area contributed by atoms with E-state index in [1.807, 2.05) is 24.3 Å². The minimum atomic E-state index is -1.13. The summed E-state index contributed by atoms with van der Waals surface area (Å²) in [4.78, 5) is 39.1. The number of benzene rings is 1. The number of nitrogens with zero attached hydrogens (tertiary/aromatic N) is 1. The molecule has 10 heteroatoms. The number of rotatable bonds is 8. The van der Waals surface area contributed by atoms with Gasteiger partial charge in [-0.2, -0.15) is 0 Å². The molecule has 1 aromatic carbocycles. The predicted octanol–water partition coefficient (Wildman–Crippen LogP) is -0.475. The van der Waals surface area contributed by atoms with Crippen LogP contribution in [-0.4, -0.2) is 65.0 Å². The molecule has 168 valence electrons. The number of carboxylic acids is 1. The highest BCUT2D eigenvalue weighted by Gasteiger charge is 2.39. The maximum absolute atomic E-state index is 13.1. The van der Waals surface area contributed by atoms with Crippen molar-refractivity contribution in [1.29, 1.82) is 5.41 Å². The first-order valence-corrected chi connectivity index (χ1v) is 10.6. The number of aliphatic carboxylic acids is 1. The number of hydrogen-bond acceptors (Lipinski definition) is 5. The molecule has 2 aliphatic rings. The van der Waals surface area contributed by atoms with Crippen molar-refractivity contribution >= 4 is 23.7 Å². The zero-order valence-electron chi connectivity index (χ0n) is 17.4. The van der Waals surface area contributed by atoms with Crippen molar-refractivity contribution in [3.63, 3.8) is 0 Å². The van der Waals surface area contributed by atoms with Gasteiger partial charge in [0.25, 0.3) is 0 Å². The molecule has 1 unspecified atom stereocenters. The summed E-state index contributed by atoms with van der Waals surface area (Å²) in [5, 5.41) is 25.0. The Balaban J connectivity index is 1.58. The number of carbonyl (C=O) groups is 3. The number of likely N-dealkylation sites (tertiary alicyclic amines) is 1. The second kappa shape index (κ2) is 10.3. The van der Waals surface area contributed by atoms with Crippen LogP contribution in [0.2, 0.25) is 0 Å². The molecule has 2 heterocycles. The molecule has 7 N–H and O–H groups in total. The van der Waals surface area contributed by atoms with Gasteiger partial charge < -0.3 is 31.7 Å². The van der Waals surface area contributed by atoms with Gasteiger partial charge in [0, 0.05) is 19.6 Å². The van der Waals surface area contributed by atoms with Gasteiger partial charge in [-0.25, -0.2) is 4.79 Å². The van der Waals surface area contributed by atoms with E-state index in [-0.39, 0.29) is 18.3 Å². The molecule has 1 aromatic rings. The molecule has 2 amide bonds. The Labute approximate surface area is 181 Å². The van der Waals surface area contributed by atoms with Crippen LogP contribution in [0.1, 0.15) is 36.8 Å². The highest BCUT2D eigenvalue weighted by atomic mass is 16.4. The smallest absolute Gasteiger partial charge is 0.326 e. The lowest BCUT2D eigenvalue weighted by Crippen LogP contribution is -2.55. The van der Waals surface area contributed by atoms with Gasteiger partial charge in [-0.05, 0) is 43.2 Å². The summed E-state index contributed by atoms with van der Waals surface area (Å²) in [6, 6.07) is 5.86. The number of nitrogens with two attached hydrogens (primary N) is 1. The summed E-state index contributed by atoms with van der Waals surface area (Å²) in [6.45, 7) is 1.43. The van der Waals surface area contributed by atoms with Gasteiger partial charge >= 0.3 is 5.97 Å². The Kier molecular flexibility index (Phi) is 7.45. The van der Waals surface area contributed by atoms with Gasteiger partial charge in [0.15, 0.2) is 5.96 Å². The second-order valence-corrected chi connectivity index (χ2v) is 7.98. The summed E-state index contributed by atoms with van der Waals surface area (Å²) in [5.74, 6) is -1.87. The highest BCUT2D eigenvalue weighted by Crippen LogP contribution is 2.23. The lowest BCUT2D eigenvalue weighted by atomic mass is 9.95. The van der Waals surface area contributed by atoms with E-state index < -0.39 is 30.0 Å². The maximum Gasteiger partial charge on any atom is 0.326 e. The molecule has 31 heavy (non-hydrogen) atoms. The molecule has 3 rings (SSSR count). The third-order valence-electron chi connectivity index (χ3n) is 5.82. The van der Waals surface area contributed by atoms with Crippen LogP contribution in [0.5, 0.6) is 0 Å². The lowest BCUT2D eigenvalue weighted by molar-refractivity contribution is -0.144. The molecular formula is C21H30N6O4. The third-order valence-corrected chi connectivity index (χ3v) is 5.82. The van der Waals surface area contributed by atoms with Crippen molar-refractivity contribution in [1.82, 2.24) is 20.9 Å². The Morgan fingerprint density at radius 1 is 1.29 bits per heavy atom. The largest absolute Gasteiger partial charge is 0.480 e. The van der Waals surface area contributed by atoms with E-state index in [0.29, 0.717) is 45.3 Å². The van der Waals surface area contributed by atoms with Crippen molar-refractivity contribution in [3.05, 3.63) is 35.4 Å². The fourth-order valence-electron chi connectivity index (χ4n) is 4.19. The van der Waals surface area contributed by atoms with E-state index in [1.165, 1.54) is 5.56 Å². The summed E-state index contributed by atoms with van der Waals surface area (Å²) < 4.78 is 0. The number of fused-ring (bicyclic) bond motifs is 1. The van der Waals surface area contributed by atoms with Crippen molar-refractivity contribution in [3.8, 4) is 0 Å². The van der Waals surface area contributed by atoms with Crippen molar-refractivity contribution in [2.45, 2.75) is 56.8 Å². The fraction of sp³-hybridized carbons (Fsp3) is 0.524. The van der Waals surface area contributed by atoms with Crippen LogP contribution < -0.4 is 21.7 Å². The summed E-state index contributed by atoms with van der Waals surface area (Å²) >= 11 is 0. The lowest BCUT2D eigenvalue weighted by Gasteiger charge is -2.32.